The number of methoxy groups -OCH3 is 1. The summed E-state index contributed by atoms with van der Waals surface area (Å²) < 4.78 is 15.7. The number of rotatable bonds is 11. The maximum Gasteiger partial charge on any atom is 0.0701 e. The Bertz CT molecular complexity index is 384. The molecule has 0 saturated heterocycles. The minimum Gasteiger partial charge on any atom is -0.382 e. The van der Waals surface area contributed by atoms with Crippen molar-refractivity contribution in [1.82, 2.24) is 5.32 Å². The molecule has 1 aromatic rings. The summed E-state index contributed by atoms with van der Waals surface area (Å²) in [6.45, 7) is 5.25. The van der Waals surface area contributed by atoms with E-state index in [1.54, 1.807) is 7.11 Å². The molecule has 1 aliphatic rings. The summed E-state index contributed by atoms with van der Waals surface area (Å²) >= 11 is 0. The van der Waals surface area contributed by atoms with Crippen molar-refractivity contribution in [2.45, 2.75) is 12.3 Å². The van der Waals surface area contributed by atoms with Crippen LogP contribution in [0.1, 0.15) is 17.0 Å². The third-order valence-electron chi connectivity index (χ3n) is 3.58. The molecule has 0 heterocycles. The molecule has 0 aromatic heterocycles. The SMILES string of the molecule is COCCOCCOCCNCC1Cc2ccccc21. The standard InChI is InChI=1S/C16H25NO3/c1-18-8-9-20-11-10-19-7-6-17-13-15-12-14-4-2-3-5-16(14)15/h2-5,15,17H,6-13H2,1H3. The Morgan fingerprint density at radius 1 is 1.05 bits per heavy atom. The van der Waals surface area contributed by atoms with Gasteiger partial charge in [-0.2, -0.15) is 0 Å². The van der Waals surface area contributed by atoms with Gasteiger partial charge in [-0.3, -0.25) is 0 Å². The largest absolute Gasteiger partial charge is 0.382 e. The molecule has 0 spiro atoms. The van der Waals surface area contributed by atoms with Crippen LogP contribution < -0.4 is 5.32 Å². The lowest BCUT2D eigenvalue weighted by Crippen LogP contribution is -2.31. The van der Waals surface area contributed by atoms with E-state index >= 15 is 0 Å². The number of benzene rings is 1. The summed E-state index contributed by atoms with van der Waals surface area (Å²) in [5.74, 6) is 0.684. The molecule has 0 radical (unpaired) electrons. The van der Waals surface area contributed by atoms with Gasteiger partial charge in [0.05, 0.1) is 33.0 Å². The highest BCUT2D eigenvalue weighted by Gasteiger charge is 2.24. The zero-order valence-electron chi connectivity index (χ0n) is 12.3. The topological polar surface area (TPSA) is 39.7 Å². The number of nitrogens with one attached hydrogen (secondary N) is 1. The molecular weight excluding hydrogens is 254 g/mol. The predicted molar refractivity (Wildman–Crippen MR) is 79.3 cm³/mol. The highest BCUT2D eigenvalue weighted by Crippen LogP contribution is 2.33. The smallest absolute Gasteiger partial charge is 0.0701 e. The first-order chi connectivity index (χ1) is 9.92. The monoisotopic (exact) mass is 279 g/mol. The van der Waals surface area contributed by atoms with Crippen molar-refractivity contribution < 1.29 is 14.2 Å². The van der Waals surface area contributed by atoms with E-state index in [1.807, 2.05) is 0 Å². The minimum atomic E-state index is 0.638. The van der Waals surface area contributed by atoms with Crippen LogP contribution in [0.2, 0.25) is 0 Å². The van der Waals surface area contributed by atoms with Gasteiger partial charge in [0.15, 0.2) is 0 Å². The Balaban J connectivity index is 1.40. The minimum absolute atomic E-state index is 0.638. The fraction of sp³-hybridized carbons (Fsp3) is 0.625. The van der Waals surface area contributed by atoms with Gasteiger partial charge in [0, 0.05) is 26.1 Å². The van der Waals surface area contributed by atoms with E-state index in [-0.39, 0.29) is 0 Å². The van der Waals surface area contributed by atoms with Crippen LogP contribution in [-0.4, -0.2) is 53.2 Å². The van der Waals surface area contributed by atoms with E-state index in [1.165, 1.54) is 17.5 Å². The van der Waals surface area contributed by atoms with Crippen molar-refractivity contribution >= 4 is 0 Å². The third kappa shape index (κ3) is 4.87. The fourth-order valence-electron chi connectivity index (χ4n) is 2.43. The van der Waals surface area contributed by atoms with Crippen LogP contribution in [0.5, 0.6) is 0 Å². The molecule has 0 amide bonds. The van der Waals surface area contributed by atoms with Crippen molar-refractivity contribution in [3.63, 3.8) is 0 Å². The first-order valence-corrected chi connectivity index (χ1v) is 7.34. The Kier molecular flexibility index (Phi) is 7.01. The second kappa shape index (κ2) is 9.08. The lowest BCUT2D eigenvalue weighted by atomic mass is 9.78. The highest BCUT2D eigenvalue weighted by molar-refractivity contribution is 5.40. The molecule has 1 aromatic carbocycles. The first-order valence-electron chi connectivity index (χ1n) is 7.34. The average molecular weight is 279 g/mol. The number of fused-ring (bicyclic) bond motifs is 1. The zero-order valence-corrected chi connectivity index (χ0v) is 12.3. The van der Waals surface area contributed by atoms with E-state index in [9.17, 15) is 0 Å². The Morgan fingerprint density at radius 2 is 1.80 bits per heavy atom. The van der Waals surface area contributed by atoms with E-state index in [0.717, 1.165) is 19.7 Å². The highest BCUT2D eigenvalue weighted by atomic mass is 16.5. The van der Waals surface area contributed by atoms with Gasteiger partial charge in [0.1, 0.15) is 0 Å². The molecule has 1 unspecified atom stereocenters. The normalized spacial score (nSPS) is 16.8. The summed E-state index contributed by atoms with van der Waals surface area (Å²) in [4.78, 5) is 0. The van der Waals surface area contributed by atoms with Crippen LogP contribution >= 0.6 is 0 Å². The van der Waals surface area contributed by atoms with Crippen molar-refractivity contribution in [3.8, 4) is 0 Å². The molecule has 0 saturated carbocycles. The summed E-state index contributed by atoms with van der Waals surface area (Å²) in [6, 6.07) is 8.69. The van der Waals surface area contributed by atoms with Crippen LogP contribution in [0.25, 0.3) is 0 Å². The maximum absolute atomic E-state index is 5.49. The average Bonchev–Trinajstić information content (AvgIpc) is 2.45. The first kappa shape index (κ1) is 15.4. The van der Waals surface area contributed by atoms with E-state index < -0.39 is 0 Å². The number of hydrogen-bond acceptors (Lipinski definition) is 4. The zero-order chi connectivity index (χ0) is 14.0. The van der Waals surface area contributed by atoms with Crippen molar-refractivity contribution in [3.05, 3.63) is 35.4 Å². The second-order valence-corrected chi connectivity index (χ2v) is 5.02. The van der Waals surface area contributed by atoms with Gasteiger partial charge in [-0.25, -0.2) is 0 Å². The molecule has 4 heteroatoms. The quantitative estimate of drug-likeness (QED) is 0.625. The molecule has 1 atom stereocenters. The summed E-state index contributed by atoms with van der Waals surface area (Å²) in [7, 11) is 1.67. The van der Waals surface area contributed by atoms with Gasteiger partial charge in [-0.1, -0.05) is 24.3 Å². The van der Waals surface area contributed by atoms with Gasteiger partial charge < -0.3 is 19.5 Å². The fourth-order valence-corrected chi connectivity index (χ4v) is 2.43. The predicted octanol–water partition coefficient (Wildman–Crippen LogP) is 1.60. The van der Waals surface area contributed by atoms with Gasteiger partial charge in [-0.05, 0) is 17.5 Å². The van der Waals surface area contributed by atoms with Crippen molar-refractivity contribution in [2.24, 2.45) is 0 Å². The van der Waals surface area contributed by atoms with Gasteiger partial charge >= 0.3 is 0 Å². The second-order valence-electron chi connectivity index (χ2n) is 5.02. The van der Waals surface area contributed by atoms with Gasteiger partial charge in [0.2, 0.25) is 0 Å². The van der Waals surface area contributed by atoms with E-state index in [4.69, 9.17) is 14.2 Å². The molecular formula is C16H25NO3. The molecule has 0 aliphatic heterocycles. The van der Waals surface area contributed by atoms with Crippen LogP contribution in [0.3, 0.4) is 0 Å². The van der Waals surface area contributed by atoms with Crippen LogP contribution in [0, 0.1) is 0 Å². The van der Waals surface area contributed by atoms with Crippen molar-refractivity contribution in [2.75, 3.05) is 53.2 Å². The Morgan fingerprint density at radius 3 is 2.60 bits per heavy atom. The molecule has 1 N–H and O–H groups in total. The lowest BCUT2D eigenvalue weighted by Gasteiger charge is -2.30. The summed E-state index contributed by atoms with van der Waals surface area (Å²) in [6.07, 6.45) is 1.21. The van der Waals surface area contributed by atoms with Crippen LogP contribution in [0.4, 0.5) is 0 Å². The Hall–Kier alpha value is -0.940. The van der Waals surface area contributed by atoms with E-state index in [2.05, 4.69) is 29.6 Å². The molecule has 4 nitrogen and oxygen atoms in total. The number of ether oxygens (including phenoxy) is 3. The van der Waals surface area contributed by atoms with Crippen LogP contribution in [-0.2, 0) is 20.6 Å². The summed E-state index contributed by atoms with van der Waals surface area (Å²) in [5.41, 5.74) is 3.01. The van der Waals surface area contributed by atoms with Crippen LogP contribution in [0.15, 0.2) is 24.3 Å². The molecule has 2 rings (SSSR count). The lowest BCUT2D eigenvalue weighted by molar-refractivity contribution is 0.0255. The molecule has 1 aliphatic carbocycles. The Labute approximate surface area is 121 Å². The molecule has 0 fully saturated rings. The molecule has 112 valence electrons. The molecule has 20 heavy (non-hydrogen) atoms. The van der Waals surface area contributed by atoms with E-state index in [0.29, 0.717) is 32.3 Å². The summed E-state index contributed by atoms with van der Waals surface area (Å²) in [5, 5.41) is 3.45. The van der Waals surface area contributed by atoms with Gasteiger partial charge in [-0.15, -0.1) is 0 Å². The maximum atomic E-state index is 5.49. The van der Waals surface area contributed by atoms with Gasteiger partial charge in [0.25, 0.3) is 0 Å². The number of hydrogen-bond donors (Lipinski definition) is 1. The van der Waals surface area contributed by atoms with Crippen molar-refractivity contribution in [1.29, 1.82) is 0 Å². The molecule has 0 bridgehead atoms. The third-order valence-corrected chi connectivity index (χ3v) is 3.58.